The minimum absolute atomic E-state index is 0.00124. The van der Waals surface area contributed by atoms with Gasteiger partial charge in [-0.25, -0.2) is 0 Å². The molecule has 1 saturated carbocycles. The molecule has 0 radical (unpaired) electrons. The van der Waals surface area contributed by atoms with E-state index in [4.69, 9.17) is 9.47 Å². The van der Waals surface area contributed by atoms with E-state index in [1.807, 2.05) is 47.4 Å². The van der Waals surface area contributed by atoms with Gasteiger partial charge >= 0.3 is 6.61 Å². The Labute approximate surface area is 194 Å². The second-order valence-electron chi connectivity index (χ2n) is 7.97. The zero-order valence-electron chi connectivity index (χ0n) is 18.1. The van der Waals surface area contributed by atoms with Crippen LogP contribution in [0.15, 0.2) is 67.0 Å². The fourth-order valence-corrected chi connectivity index (χ4v) is 3.62. The van der Waals surface area contributed by atoms with Crippen LogP contribution in [0.5, 0.6) is 11.5 Å². The van der Waals surface area contributed by atoms with Gasteiger partial charge in [-0.15, -0.1) is 10.2 Å². The Morgan fingerprint density at radius 3 is 2.71 bits per heavy atom. The van der Waals surface area contributed by atoms with E-state index in [1.54, 1.807) is 18.5 Å². The highest BCUT2D eigenvalue weighted by Crippen LogP contribution is 2.43. The van der Waals surface area contributed by atoms with Crippen molar-refractivity contribution in [1.82, 2.24) is 25.6 Å². The summed E-state index contributed by atoms with van der Waals surface area (Å²) in [6.45, 7) is -2.10. The average molecular weight is 464 g/mol. The molecule has 2 aromatic carbocycles. The quantitative estimate of drug-likeness (QED) is 0.354. The average Bonchev–Trinajstić information content (AvgIpc) is 3.52. The number of pyridine rings is 1. The van der Waals surface area contributed by atoms with Crippen molar-refractivity contribution in [2.75, 3.05) is 11.5 Å². The van der Waals surface area contributed by atoms with E-state index in [1.165, 1.54) is 6.07 Å². The molecule has 1 fully saturated rings. The zero-order valence-corrected chi connectivity index (χ0v) is 18.1. The van der Waals surface area contributed by atoms with Gasteiger partial charge in [0.1, 0.15) is 0 Å². The van der Waals surface area contributed by atoms with E-state index in [-0.39, 0.29) is 11.5 Å². The SMILES string of the molecule is FC(F)Oc1cccc(N(Cc2cccnc2)c2cccc(-c3nn[nH]n3)c2)c1OCC1CC1. The summed E-state index contributed by atoms with van der Waals surface area (Å²) in [5, 5.41) is 14.2. The molecular weight excluding hydrogens is 442 g/mol. The maximum absolute atomic E-state index is 13.2. The van der Waals surface area contributed by atoms with E-state index in [9.17, 15) is 8.78 Å². The number of benzene rings is 2. The monoisotopic (exact) mass is 464 g/mol. The van der Waals surface area contributed by atoms with Gasteiger partial charge in [-0.2, -0.15) is 14.0 Å². The van der Waals surface area contributed by atoms with E-state index < -0.39 is 6.61 Å². The Morgan fingerprint density at radius 2 is 1.97 bits per heavy atom. The normalized spacial score (nSPS) is 13.1. The first-order chi connectivity index (χ1) is 16.7. The first kappa shape index (κ1) is 21.7. The molecule has 2 aromatic heterocycles. The van der Waals surface area contributed by atoms with Crippen LogP contribution in [0.3, 0.4) is 0 Å². The molecule has 34 heavy (non-hydrogen) atoms. The van der Waals surface area contributed by atoms with Gasteiger partial charge in [0, 0.05) is 30.2 Å². The maximum atomic E-state index is 13.2. The lowest BCUT2D eigenvalue weighted by Crippen LogP contribution is -2.19. The lowest BCUT2D eigenvalue weighted by atomic mass is 10.1. The summed E-state index contributed by atoms with van der Waals surface area (Å²) in [7, 11) is 0. The number of nitrogens with zero attached hydrogens (tertiary/aromatic N) is 5. The predicted octanol–water partition coefficient (Wildman–Crippen LogP) is 4.99. The van der Waals surface area contributed by atoms with Gasteiger partial charge in [0.05, 0.1) is 12.3 Å². The molecule has 0 amide bonds. The van der Waals surface area contributed by atoms with Crippen molar-refractivity contribution < 1.29 is 18.3 Å². The second-order valence-corrected chi connectivity index (χ2v) is 7.97. The first-order valence-electron chi connectivity index (χ1n) is 10.9. The molecule has 5 rings (SSSR count). The molecule has 0 saturated heterocycles. The van der Waals surface area contributed by atoms with Crippen molar-refractivity contribution in [3.63, 3.8) is 0 Å². The Hall–Kier alpha value is -4.08. The first-order valence-corrected chi connectivity index (χ1v) is 10.9. The van der Waals surface area contributed by atoms with Crippen LogP contribution in [-0.2, 0) is 6.54 Å². The van der Waals surface area contributed by atoms with Crippen LogP contribution >= 0.6 is 0 Å². The van der Waals surface area contributed by atoms with Crippen LogP contribution in [0.25, 0.3) is 11.4 Å². The summed E-state index contributed by atoms with van der Waals surface area (Å²) in [4.78, 5) is 6.19. The van der Waals surface area contributed by atoms with Crippen molar-refractivity contribution in [3.05, 3.63) is 72.6 Å². The van der Waals surface area contributed by atoms with Gasteiger partial charge in [0.25, 0.3) is 0 Å². The summed E-state index contributed by atoms with van der Waals surface area (Å²) in [6.07, 6.45) is 5.60. The fraction of sp³-hybridized carbons (Fsp3) is 0.250. The molecule has 0 atom stereocenters. The van der Waals surface area contributed by atoms with E-state index in [0.29, 0.717) is 30.6 Å². The molecule has 0 aliphatic heterocycles. The molecular formula is C24H22F2N6O2. The van der Waals surface area contributed by atoms with Crippen LogP contribution in [0.2, 0.25) is 0 Å². The highest BCUT2D eigenvalue weighted by molar-refractivity contribution is 5.75. The second kappa shape index (κ2) is 9.82. The van der Waals surface area contributed by atoms with Crippen LogP contribution in [-0.4, -0.2) is 38.8 Å². The highest BCUT2D eigenvalue weighted by Gasteiger charge is 2.26. The molecule has 1 aliphatic rings. The molecule has 0 unspecified atom stereocenters. The number of anilines is 2. The van der Waals surface area contributed by atoms with Gasteiger partial charge in [-0.05, 0) is 59.9 Å². The lowest BCUT2D eigenvalue weighted by molar-refractivity contribution is -0.0514. The maximum Gasteiger partial charge on any atom is 0.387 e. The Balaban J connectivity index is 1.59. The molecule has 1 aliphatic carbocycles. The number of aromatic amines is 1. The fourth-order valence-electron chi connectivity index (χ4n) is 3.62. The number of tetrazole rings is 1. The summed E-state index contributed by atoms with van der Waals surface area (Å²) >= 11 is 0. The van der Waals surface area contributed by atoms with Crippen LogP contribution in [0, 0.1) is 5.92 Å². The summed E-state index contributed by atoms with van der Waals surface area (Å²) in [6, 6.07) is 16.4. The van der Waals surface area contributed by atoms with Crippen molar-refractivity contribution in [3.8, 4) is 22.9 Å². The number of hydrogen-bond donors (Lipinski definition) is 1. The number of halogens is 2. The predicted molar refractivity (Wildman–Crippen MR) is 121 cm³/mol. The molecule has 2 heterocycles. The van der Waals surface area contributed by atoms with Crippen molar-refractivity contribution in [2.24, 2.45) is 5.92 Å². The molecule has 174 valence electrons. The van der Waals surface area contributed by atoms with E-state index >= 15 is 0 Å². The van der Waals surface area contributed by atoms with E-state index in [0.717, 1.165) is 29.7 Å². The number of ether oxygens (including phenoxy) is 2. The largest absolute Gasteiger partial charge is 0.487 e. The molecule has 4 aromatic rings. The Kier molecular flexibility index (Phi) is 6.28. The van der Waals surface area contributed by atoms with Gasteiger partial charge in [-0.1, -0.05) is 24.3 Å². The number of rotatable bonds is 10. The lowest BCUT2D eigenvalue weighted by Gasteiger charge is -2.28. The van der Waals surface area contributed by atoms with E-state index in [2.05, 4.69) is 25.6 Å². The zero-order chi connectivity index (χ0) is 23.3. The minimum Gasteiger partial charge on any atom is -0.487 e. The van der Waals surface area contributed by atoms with Crippen LogP contribution in [0.4, 0.5) is 20.2 Å². The van der Waals surface area contributed by atoms with Crippen molar-refractivity contribution in [1.29, 1.82) is 0 Å². The summed E-state index contributed by atoms with van der Waals surface area (Å²) in [5.41, 5.74) is 3.08. The third-order valence-corrected chi connectivity index (χ3v) is 5.45. The molecule has 1 N–H and O–H groups in total. The number of aromatic nitrogens is 5. The third kappa shape index (κ3) is 5.11. The van der Waals surface area contributed by atoms with Gasteiger partial charge in [0.15, 0.2) is 11.5 Å². The van der Waals surface area contributed by atoms with Gasteiger partial charge < -0.3 is 14.4 Å². The number of hydrogen-bond acceptors (Lipinski definition) is 7. The molecule has 0 bridgehead atoms. The topological polar surface area (TPSA) is 89.1 Å². The highest BCUT2D eigenvalue weighted by atomic mass is 19.3. The third-order valence-electron chi connectivity index (χ3n) is 5.45. The van der Waals surface area contributed by atoms with Gasteiger partial charge in [-0.3, -0.25) is 4.98 Å². The Bertz CT molecular complexity index is 1220. The van der Waals surface area contributed by atoms with Crippen molar-refractivity contribution >= 4 is 11.4 Å². The molecule has 8 nitrogen and oxygen atoms in total. The summed E-state index contributed by atoms with van der Waals surface area (Å²) in [5.74, 6) is 1.16. The molecule has 0 spiro atoms. The standard InChI is InChI=1S/C24H22F2N6O2/c25-24(26)34-21-8-2-7-20(22(21)33-15-16-9-10-16)32(14-17-4-3-11-27-13-17)19-6-1-5-18(12-19)23-28-30-31-29-23/h1-8,11-13,16,24H,9-10,14-15H2,(H,28,29,30,31). The Morgan fingerprint density at radius 1 is 1.09 bits per heavy atom. The number of H-pyrrole nitrogens is 1. The number of nitrogens with one attached hydrogen (secondary N) is 1. The smallest absolute Gasteiger partial charge is 0.387 e. The van der Waals surface area contributed by atoms with Gasteiger partial charge in [0.2, 0.25) is 5.82 Å². The van der Waals surface area contributed by atoms with Crippen molar-refractivity contribution in [2.45, 2.75) is 26.0 Å². The minimum atomic E-state index is -2.97. The van der Waals surface area contributed by atoms with Crippen LogP contribution in [0.1, 0.15) is 18.4 Å². The number of alkyl halides is 2. The summed E-state index contributed by atoms with van der Waals surface area (Å²) < 4.78 is 37.3. The van der Waals surface area contributed by atoms with Crippen LogP contribution < -0.4 is 14.4 Å². The molecule has 10 heteroatoms. The number of para-hydroxylation sites is 1.